The molecule has 8 heteroatoms. The van der Waals surface area contributed by atoms with E-state index < -0.39 is 12.9 Å². The van der Waals surface area contributed by atoms with Gasteiger partial charge in [0.05, 0.1) is 6.34 Å². The number of hydrogen-bond donors (Lipinski definition) is 3. The summed E-state index contributed by atoms with van der Waals surface area (Å²) in [5.41, 5.74) is 0.869. The van der Waals surface area contributed by atoms with Crippen LogP contribution < -0.4 is 21.3 Å². The molecule has 2 atom stereocenters. The van der Waals surface area contributed by atoms with Crippen LogP contribution in [0.1, 0.15) is 19.8 Å². The summed E-state index contributed by atoms with van der Waals surface area (Å²) < 4.78 is 17.7. The summed E-state index contributed by atoms with van der Waals surface area (Å²) in [6.07, 6.45) is 3.62. The van der Waals surface area contributed by atoms with Crippen molar-refractivity contribution in [3.05, 3.63) is 24.3 Å². The predicted octanol–water partition coefficient (Wildman–Crippen LogP) is 1.73. The second-order valence-electron chi connectivity index (χ2n) is 6.55. The molecule has 3 N–H and O–H groups in total. The van der Waals surface area contributed by atoms with Gasteiger partial charge >= 0.3 is 0 Å². The van der Waals surface area contributed by atoms with Gasteiger partial charge in [-0.15, -0.1) is 0 Å². The molecule has 130 valence electrons. The van der Waals surface area contributed by atoms with E-state index >= 15 is 0 Å². The number of nitrogens with zero attached hydrogens (tertiary/aromatic N) is 2. The van der Waals surface area contributed by atoms with Crippen LogP contribution in [0.25, 0.3) is 0 Å². The number of aliphatic imine (C=N–C) groups is 2. The summed E-state index contributed by atoms with van der Waals surface area (Å²) in [5, 5.41) is 10.4. The summed E-state index contributed by atoms with van der Waals surface area (Å²) in [6.45, 7) is 6.21. The largest absolute Gasteiger partial charge is 0.363 e. The quantitative estimate of drug-likeness (QED) is 0.721. The Morgan fingerprint density at radius 2 is 2.08 bits per heavy atom. The fraction of sp³-hybridized carbons (Fsp3) is 0.500. The molecule has 0 aromatic heterocycles. The van der Waals surface area contributed by atoms with Crippen molar-refractivity contribution in [1.29, 1.82) is 0 Å². The van der Waals surface area contributed by atoms with Gasteiger partial charge in [-0.3, -0.25) is 0 Å². The van der Waals surface area contributed by atoms with Gasteiger partial charge in [-0.2, -0.15) is 0 Å². The highest BCUT2D eigenvalue weighted by molar-refractivity contribution is 7.70. The van der Waals surface area contributed by atoms with Crippen molar-refractivity contribution in [3.63, 3.8) is 0 Å². The van der Waals surface area contributed by atoms with Crippen LogP contribution in [0.4, 0.5) is 5.69 Å². The van der Waals surface area contributed by atoms with Gasteiger partial charge < -0.3 is 19.9 Å². The highest BCUT2D eigenvalue weighted by atomic mass is 31.2. The van der Waals surface area contributed by atoms with E-state index in [1.165, 1.54) is 0 Å². The second kappa shape index (κ2) is 6.67. The maximum atomic E-state index is 12.1. The van der Waals surface area contributed by atoms with Gasteiger partial charge in [-0.05, 0) is 57.4 Å². The topological polar surface area (TPSA) is 87.1 Å². The van der Waals surface area contributed by atoms with Crippen molar-refractivity contribution < 1.29 is 9.30 Å². The minimum absolute atomic E-state index is 0.0159. The first kappa shape index (κ1) is 17.1. The lowest BCUT2D eigenvalue weighted by atomic mass is 10.3. The van der Waals surface area contributed by atoms with Crippen LogP contribution in [0.2, 0.25) is 0 Å². The highest BCUT2D eigenvalue weighted by Crippen LogP contribution is 2.34. The Labute approximate surface area is 142 Å². The zero-order valence-corrected chi connectivity index (χ0v) is 15.1. The first-order chi connectivity index (χ1) is 11.3. The molecule has 1 fully saturated rings. The fourth-order valence-corrected chi connectivity index (χ4v) is 3.54. The molecule has 24 heavy (non-hydrogen) atoms. The normalized spacial score (nSPS) is 26.8. The van der Waals surface area contributed by atoms with E-state index in [0.717, 1.165) is 30.4 Å². The van der Waals surface area contributed by atoms with Crippen LogP contribution in [0.3, 0.4) is 0 Å². The summed E-state index contributed by atoms with van der Waals surface area (Å²) in [6, 6.07) is 7.56. The molecular formula is C16H24N5O2P. The van der Waals surface area contributed by atoms with Crippen molar-refractivity contribution in [2.75, 3.05) is 25.3 Å². The van der Waals surface area contributed by atoms with Gasteiger partial charge in [0, 0.05) is 17.6 Å². The molecule has 2 heterocycles. The molecule has 1 aromatic rings. The van der Waals surface area contributed by atoms with E-state index in [-0.39, 0.29) is 6.23 Å². The molecule has 0 amide bonds. The third-order valence-electron chi connectivity index (χ3n) is 3.96. The standard InChI is InChI=1S/C16H24N5O2P/c1-16(20-14-5-4-10-23-14)18-11-17-15(21-16)19-12-6-8-13(9-7-12)24(2,3)22/h6-9,11,14,20H,4-5,10H2,1-3H3,(H2,17,18,19,21). The molecule has 2 aliphatic rings. The molecule has 1 aromatic carbocycles. The van der Waals surface area contributed by atoms with Crippen LogP contribution in [-0.2, 0) is 9.30 Å². The molecule has 1 saturated heterocycles. The lowest BCUT2D eigenvalue weighted by Crippen LogP contribution is -2.50. The molecule has 0 bridgehead atoms. The summed E-state index contributed by atoms with van der Waals surface area (Å²) >= 11 is 0. The third kappa shape index (κ3) is 4.23. The van der Waals surface area contributed by atoms with E-state index in [0.29, 0.717) is 5.96 Å². The van der Waals surface area contributed by atoms with E-state index in [2.05, 4.69) is 25.9 Å². The number of ether oxygens (including phenoxy) is 1. The Bertz CT molecular complexity index is 691. The van der Waals surface area contributed by atoms with Crippen molar-refractivity contribution in [1.82, 2.24) is 10.6 Å². The van der Waals surface area contributed by atoms with Crippen molar-refractivity contribution in [3.8, 4) is 0 Å². The summed E-state index contributed by atoms with van der Waals surface area (Å²) in [7, 11) is -2.24. The zero-order valence-electron chi connectivity index (χ0n) is 14.2. The van der Waals surface area contributed by atoms with Gasteiger partial charge in [0.15, 0.2) is 0 Å². The Morgan fingerprint density at radius 1 is 1.33 bits per heavy atom. The van der Waals surface area contributed by atoms with Gasteiger partial charge in [0.2, 0.25) is 11.7 Å². The van der Waals surface area contributed by atoms with Gasteiger partial charge in [0.25, 0.3) is 0 Å². The first-order valence-electron chi connectivity index (χ1n) is 8.06. The minimum atomic E-state index is -2.24. The molecule has 2 unspecified atom stereocenters. The van der Waals surface area contributed by atoms with Gasteiger partial charge in [-0.1, -0.05) is 0 Å². The average molecular weight is 349 g/mol. The Balaban J connectivity index is 1.69. The maximum Gasteiger partial charge on any atom is 0.209 e. The van der Waals surface area contributed by atoms with Crippen LogP contribution >= 0.6 is 7.14 Å². The molecule has 7 nitrogen and oxygen atoms in total. The molecule has 0 radical (unpaired) electrons. The summed E-state index contributed by atoms with van der Waals surface area (Å²) in [4.78, 5) is 8.97. The molecule has 3 rings (SSSR count). The number of guanidine groups is 1. The van der Waals surface area contributed by atoms with Crippen molar-refractivity contribution in [2.24, 2.45) is 9.98 Å². The lowest BCUT2D eigenvalue weighted by Gasteiger charge is -2.29. The third-order valence-corrected chi connectivity index (χ3v) is 5.50. The number of anilines is 1. The van der Waals surface area contributed by atoms with Crippen LogP contribution in [0, 0.1) is 0 Å². The van der Waals surface area contributed by atoms with E-state index in [4.69, 9.17) is 4.74 Å². The highest BCUT2D eigenvalue weighted by Gasteiger charge is 2.30. The predicted molar refractivity (Wildman–Crippen MR) is 98.7 cm³/mol. The molecule has 0 aliphatic carbocycles. The van der Waals surface area contributed by atoms with E-state index in [9.17, 15) is 4.57 Å². The Morgan fingerprint density at radius 3 is 2.71 bits per heavy atom. The maximum absolute atomic E-state index is 12.1. The average Bonchev–Trinajstić information content (AvgIpc) is 2.99. The monoisotopic (exact) mass is 349 g/mol. The Hall–Kier alpha value is -1.69. The number of hydrogen-bond acceptors (Lipinski definition) is 7. The van der Waals surface area contributed by atoms with Crippen molar-refractivity contribution in [2.45, 2.75) is 31.8 Å². The van der Waals surface area contributed by atoms with Gasteiger partial charge in [-0.25, -0.2) is 15.3 Å². The molecule has 0 saturated carbocycles. The fourth-order valence-electron chi connectivity index (χ4n) is 2.67. The summed E-state index contributed by atoms with van der Waals surface area (Å²) in [5.74, 6) is -0.160. The minimum Gasteiger partial charge on any atom is -0.363 e. The van der Waals surface area contributed by atoms with Crippen molar-refractivity contribution >= 4 is 30.4 Å². The zero-order chi connectivity index (χ0) is 17.2. The van der Waals surface area contributed by atoms with E-state index in [1.54, 1.807) is 19.7 Å². The smallest absolute Gasteiger partial charge is 0.209 e. The number of rotatable bonds is 4. The lowest BCUT2D eigenvalue weighted by molar-refractivity contribution is 0.0593. The van der Waals surface area contributed by atoms with Crippen LogP contribution in [0.15, 0.2) is 34.3 Å². The number of nitrogens with one attached hydrogen (secondary N) is 3. The van der Waals surface area contributed by atoms with E-state index in [1.807, 2.05) is 31.2 Å². The van der Waals surface area contributed by atoms with Gasteiger partial charge in [0.1, 0.15) is 13.4 Å². The molecule has 0 spiro atoms. The first-order valence-corrected chi connectivity index (χ1v) is 10.7. The SMILES string of the molecule is CC1(NC2CCCO2)N=CNC(Nc2ccc(P(C)(C)=O)cc2)=N1. The second-order valence-corrected chi connectivity index (χ2v) is 9.77. The van der Waals surface area contributed by atoms with Crippen LogP contribution in [0.5, 0.6) is 0 Å². The van der Waals surface area contributed by atoms with Crippen LogP contribution in [-0.4, -0.2) is 44.2 Å². The number of benzene rings is 1. The Kier molecular flexibility index (Phi) is 4.76. The molecular weight excluding hydrogens is 325 g/mol. The molecule has 2 aliphatic heterocycles.